The summed E-state index contributed by atoms with van der Waals surface area (Å²) in [5.74, 6) is -0.176. The SMILES string of the molecule is Cc1ccc(CC(=O)NCCC2C(=O)Nc3ccccc32)cc1. The molecule has 3 rings (SSSR count). The van der Waals surface area contributed by atoms with Gasteiger partial charge in [-0.3, -0.25) is 9.59 Å². The van der Waals surface area contributed by atoms with Crippen LogP contribution in [0.15, 0.2) is 48.5 Å². The van der Waals surface area contributed by atoms with E-state index in [1.165, 1.54) is 5.56 Å². The van der Waals surface area contributed by atoms with Crippen molar-refractivity contribution in [3.63, 3.8) is 0 Å². The molecule has 2 aromatic carbocycles. The molecule has 0 saturated carbocycles. The third-order valence-electron chi connectivity index (χ3n) is 4.15. The number of amides is 2. The summed E-state index contributed by atoms with van der Waals surface area (Å²) in [4.78, 5) is 24.0. The summed E-state index contributed by atoms with van der Waals surface area (Å²) in [6.45, 7) is 2.52. The Labute approximate surface area is 135 Å². The Hall–Kier alpha value is -2.62. The molecule has 0 fully saturated rings. The number of benzene rings is 2. The van der Waals surface area contributed by atoms with E-state index in [0.717, 1.165) is 16.8 Å². The van der Waals surface area contributed by atoms with Crippen molar-refractivity contribution < 1.29 is 9.59 Å². The molecule has 2 aromatic rings. The number of aryl methyl sites for hydroxylation is 1. The first-order chi connectivity index (χ1) is 11.1. The number of carbonyl (C=O) groups excluding carboxylic acids is 2. The standard InChI is InChI=1S/C19H20N2O2/c1-13-6-8-14(9-7-13)12-18(22)20-11-10-16-15-4-2-3-5-17(15)21-19(16)23/h2-9,16H,10-12H2,1H3,(H,20,22)(H,21,23). The molecule has 0 aliphatic carbocycles. The number of nitrogens with one attached hydrogen (secondary N) is 2. The van der Waals surface area contributed by atoms with Crippen LogP contribution in [0.5, 0.6) is 0 Å². The minimum atomic E-state index is -0.175. The normalized spacial score (nSPS) is 15.9. The van der Waals surface area contributed by atoms with Crippen LogP contribution in [0.2, 0.25) is 0 Å². The maximum Gasteiger partial charge on any atom is 0.232 e. The van der Waals surface area contributed by atoms with Gasteiger partial charge in [-0.05, 0) is 30.5 Å². The van der Waals surface area contributed by atoms with Gasteiger partial charge < -0.3 is 10.6 Å². The first-order valence-electron chi connectivity index (χ1n) is 7.85. The first-order valence-corrected chi connectivity index (χ1v) is 7.85. The van der Waals surface area contributed by atoms with Crippen molar-refractivity contribution in [3.05, 3.63) is 65.2 Å². The topological polar surface area (TPSA) is 58.2 Å². The van der Waals surface area contributed by atoms with Crippen molar-refractivity contribution in [3.8, 4) is 0 Å². The van der Waals surface area contributed by atoms with Crippen molar-refractivity contribution in [1.29, 1.82) is 0 Å². The predicted molar refractivity (Wildman–Crippen MR) is 90.3 cm³/mol. The van der Waals surface area contributed by atoms with E-state index in [1.54, 1.807) is 0 Å². The van der Waals surface area contributed by atoms with Crippen LogP contribution in [0.3, 0.4) is 0 Å². The summed E-state index contributed by atoms with van der Waals surface area (Å²) in [5.41, 5.74) is 4.08. The van der Waals surface area contributed by atoms with Crippen LogP contribution < -0.4 is 10.6 Å². The van der Waals surface area contributed by atoms with Crippen LogP contribution in [-0.4, -0.2) is 18.4 Å². The quantitative estimate of drug-likeness (QED) is 0.892. The van der Waals surface area contributed by atoms with Crippen molar-refractivity contribution in [2.24, 2.45) is 0 Å². The Morgan fingerprint density at radius 3 is 2.65 bits per heavy atom. The lowest BCUT2D eigenvalue weighted by Crippen LogP contribution is -2.28. The summed E-state index contributed by atoms with van der Waals surface area (Å²) in [6.07, 6.45) is 0.982. The third kappa shape index (κ3) is 3.59. The largest absolute Gasteiger partial charge is 0.356 e. The van der Waals surface area contributed by atoms with Gasteiger partial charge in [-0.25, -0.2) is 0 Å². The maximum atomic E-state index is 12.0. The summed E-state index contributed by atoms with van der Waals surface area (Å²) < 4.78 is 0. The number of hydrogen-bond donors (Lipinski definition) is 2. The van der Waals surface area contributed by atoms with E-state index in [4.69, 9.17) is 0 Å². The number of rotatable bonds is 5. The molecule has 2 N–H and O–H groups in total. The molecular weight excluding hydrogens is 288 g/mol. The van der Waals surface area contributed by atoms with Gasteiger partial charge >= 0.3 is 0 Å². The minimum Gasteiger partial charge on any atom is -0.356 e. The van der Waals surface area contributed by atoms with Crippen molar-refractivity contribution in [2.45, 2.75) is 25.7 Å². The fraction of sp³-hybridized carbons (Fsp3) is 0.263. The number of para-hydroxylation sites is 1. The van der Waals surface area contributed by atoms with E-state index in [-0.39, 0.29) is 17.7 Å². The van der Waals surface area contributed by atoms with Gasteiger partial charge in [-0.15, -0.1) is 0 Å². The highest BCUT2D eigenvalue weighted by Gasteiger charge is 2.29. The Morgan fingerprint density at radius 1 is 1.13 bits per heavy atom. The molecule has 1 aliphatic rings. The second-order valence-corrected chi connectivity index (χ2v) is 5.93. The van der Waals surface area contributed by atoms with Crippen LogP contribution in [0, 0.1) is 6.92 Å². The number of anilines is 1. The average Bonchev–Trinajstić information content (AvgIpc) is 2.86. The molecular formula is C19H20N2O2. The molecule has 4 heteroatoms. The lowest BCUT2D eigenvalue weighted by atomic mass is 9.97. The van der Waals surface area contributed by atoms with Gasteiger partial charge in [0.05, 0.1) is 12.3 Å². The Morgan fingerprint density at radius 2 is 1.87 bits per heavy atom. The van der Waals surface area contributed by atoms with Gasteiger partial charge in [-0.2, -0.15) is 0 Å². The second-order valence-electron chi connectivity index (χ2n) is 5.93. The van der Waals surface area contributed by atoms with E-state index >= 15 is 0 Å². The van der Waals surface area contributed by atoms with E-state index in [2.05, 4.69) is 10.6 Å². The van der Waals surface area contributed by atoms with E-state index < -0.39 is 0 Å². The zero-order chi connectivity index (χ0) is 16.2. The molecule has 1 unspecified atom stereocenters. The van der Waals surface area contributed by atoms with Crippen molar-refractivity contribution >= 4 is 17.5 Å². The monoisotopic (exact) mass is 308 g/mol. The van der Waals surface area contributed by atoms with Crippen molar-refractivity contribution in [1.82, 2.24) is 5.32 Å². The highest BCUT2D eigenvalue weighted by molar-refractivity contribution is 6.02. The summed E-state index contributed by atoms with van der Waals surface area (Å²) in [7, 11) is 0. The predicted octanol–water partition coefficient (Wildman–Crippen LogP) is 2.78. The molecule has 118 valence electrons. The minimum absolute atomic E-state index is 0.0129. The van der Waals surface area contributed by atoms with Gasteiger partial charge in [0.15, 0.2) is 0 Å². The van der Waals surface area contributed by atoms with E-state index in [1.807, 2.05) is 55.5 Å². The molecule has 0 saturated heterocycles. The average molecular weight is 308 g/mol. The maximum absolute atomic E-state index is 12.0. The lowest BCUT2D eigenvalue weighted by molar-refractivity contribution is -0.121. The summed E-state index contributed by atoms with van der Waals surface area (Å²) in [6, 6.07) is 15.7. The molecule has 1 heterocycles. The Bertz CT molecular complexity index is 722. The van der Waals surface area contributed by atoms with Gasteiger partial charge in [-0.1, -0.05) is 48.0 Å². The molecule has 4 nitrogen and oxygen atoms in total. The zero-order valence-corrected chi connectivity index (χ0v) is 13.1. The fourth-order valence-corrected chi connectivity index (χ4v) is 2.87. The third-order valence-corrected chi connectivity index (χ3v) is 4.15. The molecule has 1 aliphatic heterocycles. The van der Waals surface area contributed by atoms with Crippen LogP contribution in [0.25, 0.3) is 0 Å². The molecule has 0 aromatic heterocycles. The zero-order valence-electron chi connectivity index (χ0n) is 13.1. The number of carbonyl (C=O) groups is 2. The van der Waals surface area contributed by atoms with Gasteiger partial charge in [0.25, 0.3) is 0 Å². The molecule has 0 radical (unpaired) electrons. The van der Waals surface area contributed by atoms with Crippen LogP contribution >= 0.6 is 0 Å². The second kappa shape index (κ2) is 6.65. The van der Waals surface area contributed by atoms with Gasteiger partial charge in [0, 0.05) is 12.2 Å². The lowest BCUT2D eigenvalue weighted by Gasteiger charge is -2.10. The van der Waals surface area contributed by atoms with Gasteiger partial charge in [0.2, 0.25) is 11.8 Å². The number of fused-ring (bicyclic) bond motifs is 1. The van der Waals surface area contributed by atoms with E-state index in [9.17, 15) is 9.59 Å². The van der Waals surface area contributed by atoms with E-state index in [0.29, 0.717) is 19.4 Å². The molecule has 1 atom stereocenters. The molecule has 23 heavy (non-hydrogen) atoms. The van der Waals surface area contributed by atoms with Crippen LogP contribution in [0.1, 0.15) is 29.0 Å². The smallest absolute Gasteiger partial charge is 0.232 e. The summed E-state index contributed by atoms with van der Waals surface area (Å²) >= 11 is 0. The Kier molecular flexibility index (Phi) is 4.42. The number of hydrogen-bond acceptors (Lipinski definition) is 2. The van der Waals surface area contributed by atoms with Gasteiger partial charge in [0.1, 0.15) is 0 Å². The Balaban J connectivity index is 1.50. The molecule has 0 bridgehead atoms. The first kappa shape index (κ1) is 15.3. The highest BCUT2D eigenvalue weighted by Crippen LogP contribution is 2.33. The molecule has 2 amide bonds. The fourth-order valence-electron chi connectivity index (χ4n) is 2.87. The van der Waals surface area contributed by atoms with Crippen molar-refractivity contribution in [2.75, 3.05) is 11.9 Å². The molecule has 0 spiro atoms. The highest BCUT2D eigenvalue weighted by atomic mass is 16.2. The summed E-state index contributed by atoms with van der Waals surface area (Å²) in [5, 5.41) is 5.78. The van der Waals surface area contributed by atoms with Crippen LogP contribution in [0.4, 0.5) is 5.69 Å². The van der Waals surface area contributed by atoms with Crippen LogP contribution in [-0.2, 0) is 16.0 Å².